The Labute approximate surface area is 208 Å². The highest BCUT2D eigenvalue weighted by atomic mass is 127. The van der Waals surface area contributed by atoms with Crippen LogP contribution in [0.25, 0.3) is 0 Å². The van der Waals surface area contributed by atoms with Gasteiger partial charge in [-0.05, 0) is 24.6 Å². The highest BCUT2D eigenvalue weighted by Crippen LogP contribution is 2.26. The number of nitrogens with zero attached hydrogens (tertiary/aromatic N) is 2. The van der Waals surface area contributed by atoms with Gasteiger partial charge in [0.05, 0.1) is 32.9 Å². The Kier molecular flexibility index (Phi) is 11.6. The van der Waals surface area contributed by atoms with Crippen LogP contribution in [-0.4, -0.2) is 70.5 Å². The molecule has 0 aromatic heterocycles. The van der Waals surface area contributed by atoms with Gasteiger partial charge in [-0.3, -0.25) is 9.89 Å². The second-order valence-electron chi connectivity index (χ2n) is 7.49. The van der Waals surface area contributed by atoms with Crippen LogP contribution in [0.2, 0.25) is 0 Å². The van der Waals surface area contributed by atoms with E-state index in [1.54, 1.807) is 14.2 Å². The van der Waals surface area contributed by atoms with Crippen molar-refractivity contribution in [2.45, 2.75) is 19.1 Å². The van der Waals surface area contributed by atoms with E-state index >= 15 is 0 Å². The molecule has 2 atom stereocenters. The number of hydrogen-bond acceptors (Lipinski definition) is 5. The molecule has 0 spiro atoms. The summed E-state index contributed by atoms with van der Waals surface area (Å²) in [7, 11) is 3.43. The van der Waals surface area contributed by atoms with Gasteiger partial charge >= 0.3 is 0 Å². The van der Waals surface area contributed by atoms with Crippen LogP contribution in [0.15, 0.2) is 59.6 Å². The molecule has 3 rings (SSSR count). The smallest absolute Gasteiger partial charge is 0.191 e. The minimum absolute atomic E-state index is 0. The van der Waals surface area contributed by atoms with Gasteiger partial charge in [0.2, 0.25) is 0 Å². The number of aliphatic imine (C=N–C) groups is 1. The molecule has 0 aliphatic carbocycles. The summed E-state index contributed by atoms with van der Waals surface area (Å²) < 4.78 is 16.9. The molecule has 0 radical (unpaired) electrons. The lowest BCUT2D eigenvalue weighted by Gasteiger charge is -2.35. The lowest BCUT2D eigenvalue weighted by Crippen LogP contribution is -2.47. The Morgan fingerprint density at radius 2 is 1.62 bits per heavy atom. The topological polar surface area (TPSA) is 67.4 Å². The van der Waals surface area contributed by atoms with E-state index in [2.05, 4.69) is 50.9 Å². The summed E-state index contributed by atoms with van der Waals surface area (Å²) in [6, 6.07) is 18.5. The van der Waals surface area contributed by atoms with E-state index in [9.17, 15) is 0 Å². The number of rotatable bonds is 9. The van der Waals surface area contributed by atoms with Crippen molar-refractivity contribution in [3.05, 3.63) is 60.2 Å². The van der Waals surface area contributed by atoms with Crippen LogP contribution >= 0.6 is 24.0 Å². The number of halogens is 1. The standard InChI is InChI=1S/C24H34N4O3.HI/c1-19(31-23-12-8-7-11-22(23)29-3)17-26-24(25-2)27-18-21(20-9-5-4-6-10-20)28-13-15-30-16-14-28;/h4-12,19,21H,13-18H2,1-3H3,(H2,25,26,27);1H. The highest BCUT2D eigenvalue weighted by molar-refractivity contribution is 14.0. The summed E-state index contributed by atoms with van der Waals surface area (Å²) in [5.41, 5.74) is 1.29. The molecule has 176 valence electrons. The first-order valence-corrected chi connectivity index (χ1v) is 10.8. The largest absolute Gasteiger partial charge is 0.493 e. The number of methoxy groups -OCH3 is 1. The molecule has 0 amide bonds. The predicted octanol–water partition coefficient (Wildman–Crippen LogP) is 3.32. The normalized spacial score (nSPS) is 16.4. The lowest BCUT2D eigenvalue weighted by molar-refractivity contribution is 0.0170. The summed E-state index contributed by atoms with van der Waals surface area (Å²) >= 11 is 0. The lowest BCUT2D eigenvalue weighted by atomic mass is 10.0. The number of guanidine groups is 1. The second kappa shape index (κ2) is 14.2. The molecule has 1 fully saturated rings. The van der Waals surface area contributed by atoms with Crippen LogP contribution in [0.4, 0.5) is 0 Å². The molecule has 1 aliphatic rings. The summed E-state index contributed by atoms with van der Waals surface area (Å²) in [5.74, 6) is 2.22. The van der Waals surface area contributed by atoms with Crippen LogP contribution in [0, 0.1) is 0 Å². The molecule has 7 nitrogen and oxygen atoms in total. The van der Waals surface area contributed by atoms with E-state index in [1.165, 1.54) is 5.56 Å². The fraction of sp³-hybridized carbons (Fsp3) is 0.458. The molecule has 2 unspecified atom stereocenters. The molecule has 2 N–H and O–H groups in total. The predicted molar refractivity (Wildman–Crippen MR) is 139 cm³/mol. The Bertz CT molecular complexity index is 816. The summed E-state index contributed by atoms with van der Waals surface area (Å²) in [4.78, 5) is 6.85. The Morgan fingerprint density at radius 3 is 2.28 bits per heavy atom. The Balaban J connectivity index is 0.00000363. The van der Waals surface area contributed by atoms with E-state index in [0.717, 1.165) is 50.3 Å². The van der Waals surface area contributed by atoms with Crippen LogP contribution < -0.4 is 20.1 Å². The third-order valence-electron chi connectivity index (χ3n) is 5.31. The van der Waals surface area contributed by atoms with Crippen LogP contribution in [-0.2, 0) is 4.74 Å². The van der Waals surface area contributed by atoms with Gasteiger partial charge in [0.25, 0.3) is 0 Å². The fourth-order valence-corrected chi connectivity index (χ4v) is 3.65. The van der Waals surface area contributed by atoms with E-state index in [0.29, 0.717) is 6.54 Å². The van der Waals surface area contributed by atoms with Crippen LogP contribution in [0.5, 0.6) is 11.5 Å². The van der Waals surface area contributed by atoms with Crippen molar-refractivity contribution in [2.75, 3.05) is 53.6 Å². The first kappa shape index (κ1) is 26.2. The summed E-state index contributed by atoms with van der Waals surface area (Å²) in [6.45, 7) is 6.79. The molecule has 2 aromatic rings. The first-order chi connectivity index (χ1) is 15.2. The zero-order valence-electron chi connectivity index (χ0n) is 19.1. The maximum Gasteiger partial charge on any atom is 0.191 e. The quantitative estimate of drug-likeness (QED) is 0.282. The van der Waals surface area contributed by atoms with Gasteiger partial charge in [-0.2, -0.15) is 0 Å². The average Bonchev–Trinajstić information content (AvgIpc) is 2.83. The number of benzene rings is 2. The Hall–Kier alpha value is -2.04. The van der Waals surface area contributed by atoms with Gasteiger partial charge in [-0.1, -0.05) is 42.5 Å². The molecule has 1 aliphatic heterocycles. The van der Waals surface area contributed by atoms with E-state index < -0.39 is 0 Å². The van der Waals surface area contributed by atoms with Crippen molar-refractivity contribution in [1.29, 1.82) is 0 Å². The van der Waals surface area contributed by atoms with Crippen molar-refractivity contribution in [3.63, 3.8) is 0 Å². The maximum atomic E-state index is 6.03. The zero-order chi connectivity index (χ0) is 21.9. The molecule has 1 saturated heterocycles. The van der Waals surface area contributed by atoms with Crippen LogP contribution in [0.3, 0.4) is 0 Å². The van der Waals surface area contributed by atoms with E-state index in [4.69, 9.17) is 14.2 Å². The minimum atomic E-state index is -0.0565. The third-order valence-corrected chi connectivity index (χ3v) is 5.31. The van der Waals surface area contributed by atoms with Crippen molar-refractivity contribution < 1.29 is 14.2 Å². The SMILES string of the molecule is CN=C(NCC(C)Oc1ccccc1OC)NCC(c1ccccc1)N1CCOCC1.I. The summed E-state index contributed by atoms with van der Waals surface area (Å²) in [5, 5.41) is 6.85. The fourth-order valence-electron chi connectivity index (χ4n) is 3.65. The average molecular weight is 554 g/mol. The van der Waals surface area contributed by atoms with Gasteiger partial charge in [0.15, 0.2) is 17.5 Å². The van der Waals surface area contributed by atoms with E-state index in [1.807, 2.05) is 31.2 Å². The van der Waals surface area contributed by atoms with Crippen molar-refractivity contribution >= 4 is 29.9 Å². The molecule has 0 bridgehead atoms. The van der Waals surface area contributed by atoms with E-state index in [-0.39, 0.29) is 36.1 Å². The van der Waals surface area contributed by atoms with Crippen molar-refractivity contribution in [3.8, 4) is 11.5 Å². The molecule has 1 heterocycles. The zero-order valence-corrected chi connectivity index (χ0v) is 21.5. The van der Waals surface area contributed by atoms with Crippen LogP contribution in [0.1, 0.15) is 18.5 Å². The maximum absolute atomic E-state index is 6.03. The summed E-state index contributed by atoms with van der Waals surface area (Å²) in [6.07, 6.45) is -0.0565. The minimum Gasteiger partial charge on any atom is -0.493 e. The Morgan fingerprint density at radius 1 is 1.00 bits per heavy atom. The monoisotopic (exact) mass is 554 g/mol. The molecule has 0 saturated carbocycles. The molecular formula is C24H35IN4O3. The first-order valence-electron chi connectivity index (χ1n) is 10.8. The number of para-hydroxylation sites is 2. The number of ether oxygens (including phenoxy) is 3. The molecular weight excluding hydrogens is 519 g/mol. The second-order valence-corrected chi connectivity index (χ2v) is 7.49. The molecule has 8 heteroatoms. The highest BCUT2D eigenvalue weighted by Gasteiger charge is 2.22. The molecule has 2 aromatic carbocycles. The van der Waals surface area contributed by atoms with Gasteiger partial charge in [-0.15, -0.1) is 24.0 Å². The molecule has 32 heavy (non-hydrogen) atoms. The van der Waals surface area contributed by atoms with Gasteiger partial charge in [0.1, 0.15) is 6.10 Å². The van der Waals surface area contributed by atoms with Crippen molar-refractivity contribution in [1.82, 2.24) is 15.5 Å². The number of morpholine rings is 1. The van der Waals surface area contributed by atoms with Gasteiger partial charge in [0, 0.05) is 26.7 Å². The van der Waals surface area contributed by atoms with Gasteiger partial charge in [-0.25, -0.2) is 0 Å². The number of nitrogens with one attached hydrogen (secondary N) is 2. The van der Waals surface area contributed by atoms with Crippen molar-refractivity contribution in [2.24, 2.45) is 4.99 Å². The number of hydrogen-bond donors (Lipinski definition) is 2. The van der Waals surface area contributed by atoms with Gasteiger partial charge < -0.3 is 24.8 Å². The third kappa shape index (κ3) is 7.83.